The summed E-state index contributed by atoms with van der Waals surface area (Å²) in [6.45, 7) is 0.209. The third-order valence-corrected chi connectivity index (χ3v) is 4.38. The monoisotopic (exact) mass is 338 g/mol. The second-order valence-corrected chi connectivity index (χ2v) is 6.28. The Bertz CT molecular complexity index is 700. The molecule has 0 unspecified atom stereocenters. The zero-order valence-electron chi connectivity index (χ0n) is 13.1. The average Bonchev–Trinajstić information content (AvgIpc) is 3.16. The summed E-state index contributed by atoms with van der Waals surface area (Å²) in [5.74, 6) is -0.361. The summed E-state index contributed by atoms with van der Waals surface area (Å²) in [6, 6.07) is 23.6. The number of esters is 1. The van der Waals surface area contributed by atoms with Crippen LogP contribution in [0.4, 0.5) is 0 Å². The van der Waals surface area contributed by atoms with Crippen LogP contribution in [0.15, 0.2) is 78.2 Å². The normalized spacial score (nSPS) is 10.7. The van der Waals surface area contributed by atoms with Gasteiger partial charge in [-0.1, -0.05) is 66.7 Å². The van der Waals surface area contributed by atoms with Gasteiger partial charge in [-0.2, -0.15) is 0 Å². The van der Waals surface area contributed by atoms with Gasteiger partial charge in [0.05, 0.1) is 0 Å². The molecule has 0 fully saturated rings. The highest BCUT2D eigenvalue weighted by Crippen LogP contribution is 2.25. The zero-order valence-corrected chi connectivity index (χ0v) is 13.9. The van der Waals surface area contributed by atoms with E-state index < -0.39 is 0 Å². The third kappa shape index (κ3) is 4.54. The van der Waals surface area contributed by atoms with E-state index in [1.54, 1.807) is 11.3 Å². The molecule has 3 nitrogen and oxygen atoms in total. The Morgan fingerprint density at radius 3 is 2.04 bits per heavy atom. The van der Waals surface area contributed by atoms with Gasteiger partial charge in [0.15, 0.2) is 0 Å². The minimum absolute atomic E-state index is 0.0835. The Morgan fingerprint density at radius 2 is 1.50 bits per heavy atom. The molecule has 24 heavy (non-hydrogen) atoms. The summed E-state index contributed by atoms with van der Waals surface area (Å²) in [4.78, 5) is 13.0. The van der Waals surface area contributed by atoms with Crippen molar-refractivity contribution in [1.29, 1.82) is 0 Å². The lowest BCUT2D eigenvalue weighted by Gasteiger charge is -2.18. The molecule has 3 aromatic rings. The SMILES string of the molecule is O=C(COC(c1ccccc1)c1ccccc1)OCc1cccs1. The summed E-state index contributed by atoms with van der Waals surface area (Å²) in [5, 5.41) is 1.96. The van der Waals surface area contributed by atoms with Crippen LogP contribution in [-0.4, -0.2) is 12.6 Å². The average molecular weight is 338 g/mol. The molecule has 0 N–H and O–H groups in total. The van der Waals surface area contributed by atoms with E-state index in [-0.39, 0.29) is 18.7 Å². The summed E-state index contributed by atoms with van der Waals surface area (Å²) in [5.41, 5.74) is 2.02. The van der Waals surface area contributed by atoms with Crippen LogP contribution in [-0.2, 0) is 20.9 Å². The predicted octanol–water partition coefficient (Wildman–Crippen LogP) is 4.60. The fourth-order valence-corrected chi connectivity index (χ4v) is 3.00. The van der Waals surface area contributed by atoms with E-state index in [2.05, 4.69) is 0 Å². The molecule has 0 aliphatic heterocycles. The van der Waals surface area contributed by atoms with Crippen molar-refractivity contribution in [2.45, 2.75) is 12.7 Å². The first-order valence-corrected chi connectivity index (χ1v) is 8.60. The van der Waals surface area contributed by atoms with E-state index in [0.717, 1.165) is 16.0 Å². The molecule has 0 saturated carbocycles. The van der Waals surface area contributed by atoms with Gasteiger partial charge in [0, 0.05) is 4.88 Å². The summed E-state index contributed by atoms with van der Waals surface area (Å²) < 4.78 is 11.1. The number of benzene rings is 2. The number of rotatable bonds is 7. The lowest BCUT2D eigenvalue weighted by atomic mass is 10.0. The van der Waals surface area contributed by atoms with Crippen molar-refractivity contribution in [3.05, 3.63) is 94.2 Å². The van der Waals surface area contributed by atoms with Crippen LogP contribution >= 0.6 is 11.3 Å². The van der Waals surface area contributed by atoms with E-state index in [9.17, 15) is 4.79 Å². The number of thiophene rings is 1. The Balaban J connectivity index is 1.63. The highest BCUT2D eigenvalue weighted by Gasteiger charge is 2.16. The standard InChI is InChI=1S/C20H18O3S/c21-19(22-14-18-12-7-13-24-18)15-23-20(16-8-3-1-4-9-16)17-10-5-2-6-11-17/h1-13,20H,14-15H2. The van der Waals surface area contributed by atoms with E-state index in [0.29, 0.717) is 6.61 Å². The largest absolute Gasteiger partial charge is 0.458 e. The molecule has 0 bridgehead atoms. The van der Waals surface area contributed by atoms with Crippen LogP contribution in [0.1, 0.15) is 22.1 Å². The van der Waals surface area contributed by atoms with Gasteiger partial charge in [-0.05, 0) is 22.6 Å². The predicted molar refractivity (Wildman–Crippen MR) is 94.8 cm³/mol. The molecule has 1 aromatic heterocycles. The van der Waals surface area contributed by atoms with E-state index in [1.165, 1.54) is 0 Å². The van der Waals surface area contributed by atoms with Crippen LogP contribution in [0.5, 0.6) is 0 Å². The molecule has 0 spiro atoms. The molecular weight excluding hydrogens is 320 g/mol. The maximum atomic E-state index is 12.0. The van der Waals surface area contributed by atoms with E-state index in [1.807, 2.05) is 78.2 Å². The molecule has 0 aliphatic carbocycles. The lowest BCUT2D eigenvalue weighted by molar-refractivity contribution is -0.151. The Labute approximate surface area is 145 Å². The molecule has 0 aliphatic rings. The topological polar surface area (TPSA) is 35.5 Å². The molecule has 0 saturated heterocycles. The van der Waals surface area contributed by atoms with Gasteiger partial charge in [0.1, 0.15) is 19.3 Å². The van der Waals surface area contributed by atoms with Crippen molar-refractivity contribution in [1.82, 2.24) is 0 Å². The lowest BCUT2D eigenvalue weighted by Crippen LogP contribution is -2.16. The molecule has 4 heteroatoms. The minimum Gasteiger partial charge on any atom is -0.458 e. The maximum absolute atomic E-state index is 12.0. The second kappa shape index (κ2) is 8.43. The van der Waals surface area contributed by atoms with Crippen molar-refractivity contribution < 1.29 is 14.3 Å². The van der Waals surface area contributed by atoms with E-state index >= 15 is 0 Å². The summed E-state index contributed by atoms with van der Waals surface area (Å²) in [6.07, 6.45) is -0.290. The van der Waals surface area contributed by atoms with Gasteiger partial charge in [0.2, 0.25) is 0 Å². The maximum Gasteiger partial charge on any atom is 0.332 e. The Kier molecular flexibility index (Phi) is 5.77. The first-order valence-electron chi connectivity index (χ1n) is 7.72. The van der Waals surface area contributed by atoms with Crippen molar-refractivity contribution >= 4 is 17.3 Å². The first-order chi connectivity index (χ1) is 11.8. The van der Waals surface area contributed by atoms with Gasteiger partial charge in [-0.25, -0.2) is 4.79 Å². The Morgan fingerprint density at radius 1 is 0.875 bits per heavy atom. The molecule has 0 atom stereocenters. The van der Waals surface area contributed by atoms with Crippen LogP contribution in [0, 0.1) is 0 Å². The molecule has 0 radical (unpaired) electrons. The van der Waals surface area contributed by atoms with Gasteiger partial charge in [-0.15, -0.1) is 11.3 Å². The molecular formula is C20H18O3S. The number of hydrogen-bond donors (Lipinski definition) is 0. The van der Waals surface area contributed by atoms with Gasteiger partial charge < -0.3 is 9.47 Å². The number of carbonyl (C=O) groups excluding carboxylic acids is 1. The van der Waals surface area contributed by atoms with Crippen LogP contribution in [0.2, 0.25) is 0 Å². The summed E-state index contributed by atoms with van der Waals surface area (Å²) >= 11 is 1.56. The molecule has 2 aromatic carbocycles. The van der Waals surface area contributed by atoms with Crippen molar-refractivity contribution in [3.63, 3.8) is 0 Å². The smallest absolute Gasteiger partial charge is 0.332 e. The molecule has 122 valence electrons. The van der Waals surface area contributed by atoms with Gasteiger partial charge in [0.25, 0.3) is 0 Å². The number of ether oxygens (including phenoxy) is 2. The van der Waals surface area contributed by atoms with Crippen LogP contribution in [0.3, 0.4) is 0 Å². The molecule has 1 heterocycles. The molecule has 0 amide bonds. The van der Waals surface area contributed by atoms with Gasteiger partial charge in [-0.3, -0.25) is 0 Å². The third-order valence-electron chi connectivity index (χ3n) is 3.53. The summed E-state index contributed by atoms with van der Waals surface area (Å²) in [7, 11) is 0. The number of carbonyl (C=O) groups is 1. The highest BCUT2D eigenvalue weighted by molar-refractivity contribution is 7.09. The second-order valence-electron chi connectivity index (χ2n) is 5.25. The first kappa shape index (κ1) is 16.4. The van der Waals surface area contributed by atoms with Gasteiger partial charge >= 0.3 is 5.97 Å². The minimum atomic E-state index is -0.361. The fourth-order valence-electron chi connectivity index (χ4n) is 2.38. The Hall–Kier alpha value is -2.43. The fraction of sp³-hybridized carbons (Fsp3) is 0.150. The zero-order chi connectivity index (χ0) is 16.6. The number of hydrogen-bond acceptors (Lipinski definition) is 4. The van der Waals surface area contributed by atoms with Crippen LogP contribution < -0.4 is 0 Å². The van der Waals surface area contributed by atoms with Crippen molar-refractivity contribution in [3.8, 4) is 0 Å². The highest BCUT2D eigenvalue weighted by atomic mass is 32.1. The quantitative estimate of drug-likeness (QED) is 0.591. The molecule has 3 rings (SSSR count). The van der Waals surface area contributed by atoms with Crippen molar-refractivity contribution in [2.24, 2.45) is 0 Å². The van der Waals surface area contributed by atoms with Crippen LogP contribution in [0.25, 0.3) is 0 Å². The van der Waals surface area contributed by atoms with Crippen molar-refractivity contribution in [2.75, 3.05) is 6.61 Å². The van der Waals surface area contributed by atoms with E-state index in [4.69, 9.17) is 9.47 Å².